The van der Waals surface area contributed by atoms with Crippen molar-refractivity contribution in [3.63, 3.8) is 0 Å². The van der Waals surface area contributed by atoms with Gasteiger partial charge in [-0.05, 0) is 80.1 Å². The van der Waals surface area contributed by atoms with Crippen molar-refractivity contribution in [2.24, 2.45) is 0 Å². The molecule has 0 bridgehead atoms. The Kier molecular flexibility index (Phi) is 9.13. The van der Waals surface area contributed by atoms with Crippen molar-refractivity contribution in [1.82, 2.24) is 14.9 Å². The van der Waals surface area contributed by atoms with E-state index in [0.29, 0.717) is 0 Å². The summed E-state index contributed by atoms with van der Waals surface area (Å²) in [6, 6.07) is 8.13. The number of aliphatic carboxylic acids is 1. The summed E-state index contributed by atoms with van der Waals surface area (Å²) in [6.45, 7) is 3.16. The van der Waals surface area contributed by atoms with Gasteiger partial charge in [0.1, 0.15) is 6.04 Å². The van der Waals surface area contributed by atoms with Gasteiger partial charge in [-0.15, -0.1) is 0 Å². The standard InChI is InChI=1S/C26H31Cl2N3O5S/c27-21-10-8-19(14-22(21)28)37(35,36)30-24(26(33)34)15-25(32)29-23-6-4-5-18-13-17(7-9-20(18)23)16-31-11-2-1-3-12-31/h7-10,13-14,23-24,30H,1-6,11-12,15-16H2,(H,29,32)(H,33,34)/t23-,24-/m1/s1. The van der Waals surface area contributed by atoms with Gasteiger partial charge in [0.05, 0.1) is 27.4 Å². The van der Waals surface area contributed by atoms with Crippen molar-refractivity contribution >= 4 is 45.1 Å². The van der Waals surface area contributed by atoms with Crippen LogP contribution in [0.25, 0.3) is 0 Å². The average molecular weight is 569 g/mol. The number of sulfonamides is 1. The fraction of sp³-hybridized carbons (Fsp3) is 0.462. The van der Waals surface area contributed by atoms with E-state index in [9.17, 15) is 23.1 Å². The van der Waals surface area contributed by atoms with E-state index < -0.39 is 34.4 Å². The molecule has 0 radical (unpaired) electrons. The fourth-order valence-electron chi connectivity index (χ4n) is 5.01. The summed E-state index contributed by atoms with van der Waals surface area (Å²) < 4.78 is 27.5. The molecule has 0 aromatic heterocycles. The third-order valence-corrected chi connectivity index (χ3v) is 9.11. The second-order valence-electron chi connectivity index (χ2n) is 9.67. The second-order valence-corrected chi connectivity index (χ2v) is 12.2. The molecular formula is C26H31Cl2N3O5S. The molecule has 1 aliphatic carbocycles. The topological polar surface area (TPSA) is 116 Å². The summed E-state index contributed by atoms with van der Waals surface area (Å²) in [4.78, 5) is 26.9. The van der Waals surface area contributed by atoms with Crippen molar-refractivity contribution in [2.45, 2.75) is 68.5 Å². The third-order valence-electron chi connectivity index (χ3n) is 6.90. The van der Waals surface area contributed by atoms with Gasteiger partial charge in [-0.1, -0.05) is 47.8 Å². The number of hydrogen-bond acceptors (Lipinski definition) is 5. The summed E-state index contributed by atoms with van der Waals surface area (Å²) in [5.41, 5.74) is 3.49. The maximum Gasteiger partial charge on any atom is 0.322 e. The first-order chi connectivity index (χ1) is 17.6. The summed E-state index contributed by atoms with van der Waals surface area (Å²) in [7, 11) is -4.25. The van der Waals surface area contributed by atoms with Gasteiger partial charge in [0, 0.05) is 6.54 Å². The Bertz CT molecular complexity index is 1260. The highest BCUT2D eigenvalue weighted by molar-refractivity contribution is 7.89. The second kappa shape index (κ2) is 12.1. The molecule has 0 saturated carbocycles. The number of rotatable bonds is 9. The zero-order valence-corrected chi connectivity index (χ0v) is 22.7. The molecule has 37 heavy (non-hydrogen) atoms. The number of benzene rings is 2. The molecule has 1 aliphatic heterocycles. The molecule has 2 aliphatic rings. The fourth-order valence-corrected chi connectivity index (χ4v) is 6.59. The maximum absolute atomic E-state index is 12.8. The first-order valence-corrected chi connectivity index (χ1v) is 14.7. The van der Waals surface area contributed by atoms with Gasteiger partial charge >= 0.3 is 5.97 Å². The predicted molar refractivity (Wildman–Crippen MR) is 142 cm³/mol. The zero-order chi connectivity index (χ0) is 26.6. The van der Waals surface area contributed by atoms with Crippen LogP contribution in [0.5, 0.6) is 0 Å². The molecular weight excluding hydrogens is 537 g/mol. The van der Waals surface area contributed by atoms with Gasteiger partial charge in [0.25, 0.3) is 0 Å². The van der Waals surface area contributed by atoms with E-state index in [1.807, 2.05) is 0 Å². The van der Waals surface area contributed by atoms with Crippen LogP contribution in [0.15, 0.2) is 41.3 Å². The largest absolute Gasteiger partial charge is 0.480 e. The number of nitrogens with zero attached hydrogens (tertiary/aromatic N) is 1. The highest BCUT2D eigenvalue weighted by atomic mass is 35.5. The quantitative estimate of drug-likeness (QED) is 0.416. The van der Waals surface area contributed by atoms with E-state index >= 15 is 0 Å². The average Bonchev–Trinajstić information content (AvgIpc) is 2.85. The van der Waals surface area contributed by atoms with Crippen LogP contribution in [0.3, 0.4) is 0 Å². The Labute approximate surface area is 227 Å². The Balaban J connectivity index is 1.40. The van der Waals surface area contributed by atoms with Gasteiger partial charge in [0.15, 0.2) is 0 Å². The molecule has 1 heterocycles. The van der Waals surface area contributed by atoms with Crippen LogP contribution >= 0.6 is 23.2 Å². The lowest BCUT2D eigenvalue weighted by molar-refractivity contribution is -0.141. The maximum atomic E-state index is 12.8. The van der Waals surface area contributed by atoms with Crippen LogP contribution in [0.4, 0.5) is 0 Å². The molecule has 2 atom stereocenters. The smallest absolute Gasteiger partial charge is 0.322 e. The van der Waals surface area contributed by atoms with Crippen molar-refractivity contribution < 1.29 is 23.1 Å². The summed E-state index contributed by atoms with van der Waals surface area (Å²) >= 11 is 11.7. The molecule has 2 aromatic carbocycles. The Morgan fingerprint density at radius 2 is 1.78 bits per heavy atom. The number of nitrogens with one attached hydrogen (secondary N) is 2. The molecule has 0 unspecified atom stereocenters. The van der Waals surface area contributed by atoms with E-state index in [2.05, 4.69) is 33.1 Å². The molecule has 3 N–H and O–H groups in total. The number of fused-ring (bicyclic) bond motifs is 1. The molecule has 1 fully saturated rings. The molecule has 8 nitrogen and oxygen atoms in total. The highest BCUT2D eigenvalue weighted by Crippen LogP contribution is 2.31. The first-order valence-electron chi connectivity index (χ1n) is 12.5. The van der Waals surface area contributed by atoms with Gasteiger partial charge in [-0.25, -0.2) is 8.42 Å². The zero-order valence-electron chi connectivity index (χ0n) is 20.4. The summed E-state index contributed by atoms with van der Waals surface area (Å²) in [5, 5.41) is 12.7. The van der Waals surface area contributed by atoms with Gasteiger partial charge in [-0.2, -0.15) is 4.72 Å². The van der Waals surface area contributed by atoms with Gasteiger partial charge in [-0.3, -0.25) is 14.5 Å². The lowest BCUT2D eigenvalue weighted by Gasteiger charge is -2.29. The molecule has 1 saturated heterocycles. The summed E-state index contributed by atoms with van der Waals surface area (Å²) in [5.74, 6) is -2.00. The highest BCUT2D eigenvalue weighted by Gasteiger charge is 2.30. The van der Waals surface area contributed by atoms with Gasteiger partial charge < -0.3 is 10.4 Å². The lowest BCUT2D eigenvalue weighted by atomic mass is 9.86. The number of amides is 1. The Morgan fingerprint density at radius 3 is 2.49 bits per heavy atom. The van der Waals surface area contributed by atoms with Crippen molar-refractivity contribution in [1.29, 1.82) is 0 Å². The number of carbonyl (C=O) groups is 2. The van der Waals surface area contributed by atoms with Crippen LogP contribution in [-0.2, 0) is 32.6 Å². The number of halogens is 2. The number of carboxylic acids is 1. The van der Waals surface area contributed by atoms with Crippen LogP contribution in [0.1, 0.15) is 61.3 Å². The summed E-state index contributed by atoms with van der Waals surface area (Å²) in [6.07, 6.45) is 5.78. The van der Waals surface area contributed by atoms with Crippen molar-refractivity contribution in [2.75, 3.05) is 13.1 Å². The minimum Gasteiger partial charge on any atom is -0.480 e. The number of carbonyl (C=O) groups excluding carboxylic acids is 1. The predicted octanol–water partition coefficient (Wildman–Crippen LogP) is 4.29. The number of piperidine rings is 1. The molecule has 2 aromatic rings. The minimum atomic E-state index is -4.25. The lowest BCUT2D eigenvalue weighted by Crippen LogP contribution is -2.44. The minimum absolute atomic E-state index is 0.0178. The molecule has 1 amide bonds. The Hall–Kier alpha value is -2.17. The monoisotopic (exact) mass is 567 g/mol. The molecule has 11 heteroatoms. The van der Waals surface area contributed by atoms with E-state index in [1.165, 1.54) is 42.5 Å². The van der Waals surface area contributed by atoms with E-state index in [4.69, 9.17) is 23.2 Å². The van der Waals surface area contributed by atoms with E-state index in [-0.39, 0.29) is 21.0 Å². The third kappa shape index (κ3) is 7.23. The van der Waals surface area contributed by atoms with E-state index in [0.717, 1.165) is 50.5 Å². The molecule has 4 rings (SSSR count). The normalized spacial score (nSPS) is 19.1. The number of hydrogen-bond donors (Lipinski definition) is 3. The molecule has 0 spiro atoms. The van der Waals surface area contributed by atoms with Crippen LogP contribution < -0.4 is 10.0 Å². The van der Waals surface area contributed by atoms with Crippen molar-refractivity contribution in [3.8, 4) is 0 Å². The molecule has 200 valence electrons. The SMILES string of the molecule is O=C(C[C@@H](NS(=O)(=O)c1ccc(Cl)c(Cl)c1)C(=O)O)N[C@@H]1CCCc2cc(CN3CCCCC3)ccc21. The van der Waals surface area contributed by atoms with Crippen LogP contribution in [-0.4, -0.2) is 49.4 Å². The number of carboxylic acid groups (broad SMARTS) is 1. The first kappa shape index (κ1) is 27.9. The number of likely N-dealkylation sites (tertiary alicyclic amines) is 1. The van der Waals surface area contributed by atoms with Crippen LogP contribution in [0.2, 0.25) is 10.0 Å². The Morgan fingerprint density at radius 1 is 1.03 bits per heavy atom. The van der Waals surface area contributed by atoms with Crippen molar-refractivity contribution in [3.05, 3.63) is 63.1 Å². The van der Waals surface area contributed by atoms with Crippen LogP contribution in [0, 0.1) is 0 Å². The van der Waals surface area contributed by atoms with Gasteiger partial charge in [0.2, 0.25) is 15.9 Å². The van der Waals surface area contributed by atoms with E-state index in [1.54, 1.807) is 0 Å². The number of aryl methyl sites for hydroxylation is 1.